The number of nitrogens with one attached hydrogen (secondary N) is 2. The molecule has 0 spiro atoms. The second-order valence-electron chi connectivity index (χ2n) is 3.49. The molecule has 0 atom stereocenters. The number of rotatable bonds is 4. The smallest absolute Gasteiger partial charge is 0.251 e. The average molecular weight is 234 g/mol. The van der Waals surface area contributed by atoms with Gasteiger partial charge in [0.15, 0.2) is 0 Å². The largest absolute Gasteiger partial charge is 0.379 e. The van der Waals surface area contributed by atoms with E-state index in [0.717, 1.165) is 5.69 Å². The zero-order valence-corrected chi connectivity index (χ0v) is 8.90. The van der Waals surface area contributed by atoms with E-state index >= 15 is 0 Å². The summed E-state index contributed by atoms with van der Waals surface area (Å²) in [6.07, 6.45) is 3.24. The zero-order chi connectivity index (χ0) is 12.3. The molecule has 2 rings (SSSR count). The first-order chi connectivity index (χ1) is 8.16. The molecule has 88 valence electrons. The van der Waals surface area contributed by atoms with E-state index in [9.17, 15) is 9.18 Å². The standard InChI is InChI=1S/C11H11FN4O/c12-10-2-1-7(3-9(10)11(13)17)15-5-8-4-14-6-16-8/h1-4,6,15H,5H2,(H2,13,17)(H,14,16). The van der Waals surface area contributed by atoms with Crippen LogP contribution >= 0.6 is 0 Å². The van der Waals surface area contributed by atoms with Crippen molar-refractivity contribution >= 4 is 11.6 Å². The van der Waals surface area contributed by atoms with E-state index in [1.54, 1.807) is 12.5 Å². The van der Waals surface area contributed by atoms with Crippen molar-refractivity contribution in [2.24, 2.45) is 5.73 Å². The minimum Gasteiger partial charge on any atom is -0.379 e. The number of halogens is 1. The van der Waals surface area contributed by atoms with Crippen LogP contribution in [0.5, 0.6) is 0 Å². The summed E-state index contributed by atoms with van der Waals surface area (Å²) in [5.74, 6) is -1.41. The van der Waals surface area contributed by atoms with Gasteiger partial charge in [0.2, 0.25) is 0 Å². The maximum Gasteiger partial charge on any atom is 0.251 e. The molecule has 2 aromatic rings. The SMILES string of the molecule is NC(=O)c1cc(NCc2cnc[nH]2)ccc1F. The van der Waals surface area contributed by atoms with E-state index in [1.165, 1.54) is 18.2 Å². The van der Waals surface area contributed by atoms with Crippen LogP contribution in [0.25, 0.3) is 0 Å². The number of aromatic nitrogens is 2. The lowest BCUT2D eigenvalue weighted by Gasteiger charge is -2.06. The van der Waals surface area contributed by atoms with Gasteiger partial charge in [-0.15, -0.1) is 0 Å². The number of benzene rings is 1. The monoisotopic (exact) mass is 234 g/mol. The van der Waals surface area contributed by atoms with E-state index in [2.05, 4.69) is 15.3 Å². The number of imidazole rings is 1. The quantitative estimate of drug-likeness (QED) is 0.744. The van der Waals surface area contributed by atoms with Crippen molar-refractivity contribution in [1.82, 2.24) is 9.97 Å². The first-order valence-corrected chi connectivity index (χ1v) is 4.97. The van der Waals surface area contributed by atoms with Crippen LogP contribution in [0.1, 0.15) is 16.1 Å². The van der Waals surface area contributed by atoms with Gasteiger partial charge in [-0.1, -0.05) is 0 Å². The number of aromatic amines is 1. The Morgan fingerprint density at radius 3 is 3.00 bits per heavy atom. The number of primary amides is 1. The summed E-state index contributed by atoms with van der Waals surface area (Å²) in [5, 5.41) is 3.02. The number of carbonyl (C=O) groups excluding carboxylic acids is 1. The third-order valence-electron chi connectivity index (χ3n) is 2.27. The van der Waals surface area contributed by atoms with E-state index < -0.39 is 11.7 Å². The van der Waals surface area contributed by atoms with Crippen LogP contribution in [-0.2, 0) is 6.54 Å². The highest BCUT2D eigenvalue weighted by molar-refractivity contribution is 5.94. The maximum absolute atomic E-state index is 13.2. The Kier molecular flexibility index (Phi) is 3.04. The third kappa shape index (κ3) is 2.60. The van der Waals surface area contributed by atoms with Crippen LogP contribution in [0.4, 0.5) is 10.1 Å². The summed E-state index contributed by atoms with van der Waals surface area (Å²) in [5.41, 5.74) is 6.43. The van der Waals surface area contributed by atoms with Gasteiger partial charge in [-0.05, 0) is 18.2 Å². The molecule has 0 fully saturated rings. The molecule has 5 nitrogen and oxygen atoms in total. The topological polar surface area (TPSA) is 83.8 Å². The van der Waals surface area contributed by atoms with Crippen LogP contribution in [0, 0.1) is 5.82 Å². The van der Waals surface area contributed by atoms with E-state index in [0.29, 0.717) is 12.2 Å². The molecular weight excluding hydrogens is 223 g/mol. The zero-order valence-electron chi connectivity index (χ0n) is 8.90. The lowest BCUT2D eigenvalue weighted by molar-refractivity contribution is 0.0996. The molecule has 0 aliphatic heterocycles. The average Bonchev–Trinajstić information content (AvgIpc) is 2.80. The van der Waals surface area contributed by atoms with Gasteiger partial charge in [0.25, 0.3) is 5.91 Å². The summed E-state index contributed by atoms with van der Waals surface area (Å²) >= 11 is 0. The Balaban J connectivity index is 2.11. The van der Waals surface area contributed by atoms with Gasteiger partial charge < -0.3 is 16.0 Å². The Bertz CT molecular complexity index is 524. The van der Waals surface area contributed by atoms with Gasteiger partial charge in [0.1, 0.15) is 5.82 Å². The van der Waals surface area contributed by atoms with Gasteiger partial charge in [0, 0.05) is 11.9 Å². The number of carbonyl (C=O) groups is 1. The fourth-order valence-electron chi connectivity index (χ4n) is 1.40. The lowest BCUT2D eigenvalue weighted by Crippen LogP contribution is -2.13. The Labute approximate surface area is 96.9 Å². The number of H-pyrrole nitrogens is 1. The van der Waals surface area contributed by atoms with Crippen molar-refractivity contribution < 1.29 is 9.18 Å². The number of anilines is 1. The molecule has 0 radical (unpaired) electrons. The van der Waals surface area contributed by atoms with Crippen LogP contribution in [-0.4, -0.2) is 15.9 Å². The van der Waals surface area contributed by atoms with E-state index in [1.807, 2.05) is 0 Å². The molecule has 1 aromatic carbocycles. The Morgan fingerprint density at radius 2 is 2.35 bits per heavy atom. The van der Waals surface area contributed by atoms with Gasteiger partial charge in [-0.2, -0.15) is 0 Å². The summed E-state index contributed by atoms with van der Waals surface area (Å²) in [7, 11) is 0. The third-order valence-corrected chi connectivity index (χ3v) is 2.27. The summed E-state index contributed by atoms with van der Waals surface area (Å²) in [4.78, 5) is 17.7. The molecular formula is C11H11FN4O. The summed E-state index contributed by atoms with van der Waals surface area (Å²) < 4.78 is 13.2. The predicted molar refractivity (Wildman–Crippen MR) is 60.8 cm³/mol. The van der Waals surface area contributed by atoms with Crippen molar-refractivity contribution in [3.8, 4) is 0 Å². The van der Waals surface area contributed by atoms with E-state index in [4.69, 9.17) is 5.73 Å². The second kappa shape index (κ2) is 4.65. The van der Waals surface area contributed by atoms with Crippen LogP contribution < -0.4 is 11.1 Å². The normalized spacial score (nSPS) is 10.2. The minimum absolute atomic E-state index is 0.125. The molecule has 0 unspecified atom stereocenters. The van der Waals surface area contributed by atoms with E-state index in [-0.39, 0.29) is 5.56 Å². The van der Waals surface area contributed by atoms with Crippen molar-refractivity contribution in [1.29, 1.82) is 0 Å². The molecule has 0 bridgehead atoms. The number of hydrogen-bond donors (Lipinski definition) is 3. The van der Waals surface area contributed by atoms with Gasteiger partial charge in [-0.3, -0.25) is 4.79 Å². The second-order valence-corrected chi connectivity index (χ2v) is 3.49. The lowest BCUT2D eigenvalue weighted by atomic mass is 10.2. The molecule has 0 aliphatic rings. The highest BCUT2D eigenvalue weighted by atomic mass is 19.1. The predicted octanol–water partition coefficient (Wildman–Crippen LogP) is 1.26. The molecule has 1 aromatic heterocycles. The number of nitrogens with two attached hydrogens (primary N) is 1. The first kappa shape index (κ1) is 11.1. The molecule has 1 heterocycles. The fraction of sp³-hybridized carbons (Fsp3) is 0.0909. The van der Waals surface area contributed by atoms with Gasteiger partial charge in [-0.25, -0.2) is 9.37 Å². The molecule has 0 saturated heterocycles. The molecule has 1 amide bonds. The summed E-state index contributed by atoms with van der Waals surface area (Å²) in [6, 6.07) is 4.13. The molecule has 0 saturated carbocycles. The maximum atomic E-state index is 13.2. The Hall–Kier alpha value is -2.37. The van der Waals surface area contributed by atoms with Crippen molar-refractivity contribution in [2.75, 3.05) is 5.32 Å². The molecule has 17 heavy (non-hydrogen) atoms. The highest BCUT2D eigenvalue weighted by Crippen LogP contribution is 2.14. The summed E-state index contributed by atoms with van der Waals surface area (Å²) in [6.45, 7) is 0.504. The van der Waals surface area contributed by atoms with Crippen LogP contribution in [0.3, 0.4) is 0 Å². The fourth-order valence-corrected chi connectivity index (χ4v) is 1.40. The minimum atomic E-state index is -0.785. The molecule has 4 N–H and O–H groups in total. The van der Waals surface area contributed by atoms with Crippen molar-refractivity contribution in [3.63, 3.8) is 0 Å². The Morgan fingerprint density at radius 1 is 1.53 bits per heavy atom. The van der Waals surface area contributed by atoms with Crippen molar-refractivity contribution in [2.45, 2.75) is 6.54 Å². The van der Waals surface area contributed by atoms with Crippen molar-refractivity contribution in [3.05, 3.63) is 47.8 Å². The van der Waals surface area contributed by atoms with Crippen LogP contribution in [0.15, 0.2) is 30.7 Å². The van der Waals surface area contributed by atoms with Crippen LogP contribution in [0.2, 0.25) is 0 Å². The number of amides is 1. The molecule has 6 heteroatoms. The molecule has 0 aliphatic carbocycles. The number of nitrogens with zero attached hydrogens (tertiary/aromatic N) is 1. The first-order valence-electron chi connectivity index (χ1n) is 4.97. The van der Waals surface area contributed by atoms with Gasteiger partial charge in [0.05, 0.1) is 24.1 Å². The number of hydrogen-bond acceptors (Lipinski definition) is 3. The van der Waals surface area contributed by atoms with Gasteiger partial charge >= 0.3 is 0 Å². The highest BCUT2D eigenvalue weighted by Gasteiger charge is 2.08.